The summed E-state index contributed by atoms with van der Waals surface area (Å²) in [7, 11) is 0. The van der Waals surface area contributed by atoms with Crippen LogP contribution in [0.3, 0.4) is 0 Å². The minimum absolute atomic E-state index is 0.286. The molecule has 1 aromatic carbocycles. The number of aliphatic imine (C=N–C) groups is 1. The molecular formula is C14H19FN2OS. The predicted octanol–water partition coefficient (Wildman–Crippen LogP) is 3.76. The van der Waals surface area contributed by atoms with E-state index in [1.807, 2.05) is 6.92 Å². The maximum Gasteiger partial charge on any atom is 0.167 e. The molecule has 1 aliphatic rings. The van der Waals surface area contributed by atoms with Crippen LogP contribution in [0.25, 0.3) is 0 Å². The summed E-state index contributed by atoms with van der Waals surface area (Å²) in [5.74, 6) is 0.523. The SMILES string of the molecule is CCOc1ccc(NC2=NCC(C(C)C)S2)cc1F. The van der Waals surface area contributed by atoms with E-state index in [1.54, 1.807) is 23.9 Å². The Morgan fingerprint density at radius 2 is 2.32 bits per heavy atom. The molecule has 0 aromatic heterocycles. The highest BCUT2D eigenvalue weighted by Crippen LogP contribution is 2.29. The number of rotatable bonds is 4. The summed E-state index contributed by atoms with van der Waals surface area (Å²) in [5, 5.41) is 4.53. The summed E-state index contributed by atoms with van der Waals surface area (Å²) in [6.07, 6.45) is 0. The van der Waals surface area contributed by atoms with Crippen LogP contribution in [-0.4, -0.2) is 23.6 Å². The van der Waals surface area contributed by atoms with Gasteiger partial charge >= 0.3 is 0 Å². The number of thioether (sulfide) groups is 1. The van der Waals surface area contributed by atoms with Crippen LogP contribution in [0.5, 0.6) is 5.75 Å². The van der Waals surface area contributed by atoms with Crippen molar-refractivity contribution in [3.05, 3.63) is 24.0 Å². The van der Waals surface area contributed by atoms with E-state index in [2.05, 4.69) is 24.2 Å². The third-order valence-corrected chi connectivity index (χ3v) is 4.35. The lowest BCUT2D eigenvalue weighted by molar-refractivity contribution is 0.321. The van der Waals surface area contributed by atoms with Crippen LogP contribution in [0.2, 0.25) is 0 Å². The molecule has 1 aliphatic heterocycles. The molecule has 1 unspecified atom stereocenters. The monoisotopic (exact) mass is 282 g/mol. The van der Waals surface area contributed by atoms with Crippen molar-refractivity contribution in [1.29, 1.82) is 0 Å². The zero-order chi connectivity index (χ0) is 13.8. The third-order valence-electron chi connectivity index (χ3n) is 2.90. The van der Waals surface area contributed by atoms with E-state index in [1.165, 1.54) is 6.07 Å². The first-order chi connectivity index (χ1) is 9.10. The Hall–Kier alpha value is -1.23. The summed E-state index contributed by atoms with van der Waals surface area (Å²) in [4.78, 5) is 4.44. The van der Waals surface area contributed by atoms with Gasteiger partial charge in [0.2, 0.25) is 0 Å². The molecule has 0 aliphatic carbocycles. The minimum atomic E-state index is -0.351. The number of benzene rings is 1. The lowest BCUT2D eigenvalue weighted by Gasteiger charge is -2.12. The maximum absolute atomic E-state index is 13.7. The molecule has 3 nitrogen and oxygen atoms in total. The van der Waals surface area contributed by atoms with E-state index in [9.17, 15) is 4.39 Å². The summed E-state index contributed by atoms with van der Waals surface area (Å²) in [6.45, 7) is 7.49. The first kappa shape index (κ1) is 14.2. The van der Waals surface area contributed by atoms with Gasteiger partial charge in [-0.3, -0.25) is 4.99 Å². The van der Waals surface area contributed by atoms with Crippen molar-refractivity contribution >= 4 is 22.6 Å². The molecule has 1 atom stereocenters. The van der Waals surface area contributed by atoms with Gasteiger partial charge in [-0.15, -0.1) is 0 Å². The Labute approximate surface area is 117 Å². The summed E-state index contributed by atoms with van der Waals surface area (Å²) in [6, 6.07) is 4.89. The van der Waals surface area contributed by atoms with E-state index in [-0.39, 0.29) is 11.6 Å². The molecule has 5 heteroatoms. The normalized spacial score (nSPS) is 18.6. The highest BCUT2D eigenvalue weighted by Gasteiger charge is 2.22. The summed E-state index contributed by atoms with van der Waals surface area (Å²) < 4.78 is 18.9. The first-order valence-corrected chi connectivity index (χ1v) is 7.38. The van der Waals surface area contributed by atoms with E-state index in [0.29, 0.717) is 23.5 Å². The fourth-order valence-corrected chi connectivity index (χ4v) is 2.82. The Balaban J connectivity index is 1.99. The fourth-order valence-electron chi connectivity index (χ4n) is 1.78. The van der Waals surface area contributed by atoms with Gasteiger partial charge in [-0.1, -0.05) is 25.6 Å². The van der Waals surface area contributed by atoms with Gasteiger partial charge in [0.05, 0.1) is 13.2 Å². The molecule has 0 saturated heterocycles. The number of anilines is 1. The maximum atomic E-state index is 13.7. The van der Waals surface area contributed by atoms with Gasteiger partial charge < -0.3 is 10.1 Å². The van der Waals surface area contributed by atoms with Crippen molar-refractivity contribution in [2.45, 2.75) is 26.0 Å². The topological polar surface area (TPSA) is 33.6 Å². The number of halogens is 1. The number of ether oxygens (including phenoxy) is 1. The van der Waals surface area contributed by atoms with Crippen LogP contribution in [0.4, 0.5) is 10.1 Å². The molecular weight excluding hydrogens is 263 g/mol. The van der Waals surface area contributed by atoms with Gasteiger partial charge in [0.15, 0.2) is 16.7 Å². The number of nitrogens with one attached hydrogen (secondary N) is 1. The van der Waals surface area contributed by atoms with Gasteiger partial charge in [0.25, 0.3) is 0 Å². The molecule has 1 heterocycles. The number of hydrogen-bond acceptors (Lipinski definition) is 4. The third kappa shape index (κ3) is 3.62. The second kappa shape index (κ2) is 6.28. The molecule has 19 heavy (non-hydrogen) atoms. The van der Waals surface area contributed by atoms with E-state index >= 15 is 0 Å². The largest absolute Gasteiger partial charge is 0.491 e. The van der Waals surface area contributed by atoms with E-state index in [0.717, 1.165) is 11.7 Å². The Morgan fingerprint density at radius 1 is 1.53 bits per heavy atom. The number of amidine groups is 1. The summed E-state index contributed by atoms with van der Waals surface area (Å²) >= 11 is 1.72. The molecule has 1 N–H and O–H groups in total. The first-order valence-electron chi connectivity index (χ1n) is 6.50. The van der Waals surface area contributed by atoms with Crippen LogP contribution >= 0.6 is 11.8 Å². The lowest BCUT2D eigenvalue weighted by Crippen LogP contribution is -2.13. The van der Waals surface area contributed by atoms with Crippen molar-refractivity contribution in [2.24, 2.45) is 10.9 Å². The van der Waals surface area contributed by atoms with Crippen molar-refractivity contribution in [1.82, 2.24) is 0 Å². The lowest BCUT2D eigenvalue weighted by atomic mass is 10.1. The average molecular weight is 282 g/mol. The Kier molecular flexibility index (Phi) is 4.69. The fraction of sp³-hybridized carbons (Fsp3) is 0.500. The average Bonchev–Trinajstić information content (AvgIpc) is 2.81. The predicted molar refractivity (Wildman–Crippen MR) is 79.7 cm³/mol. The van der Waals surface area contributed by atoms with Crippen molar-refractivity contribution in [2.75, 3.05) is 18.5 Å². The molecule has 0 spiro atoms. The van der Waals surface area contributed by atoms with Gasteiger partial charge in [-0.2, -0.15) is 0 Å². The molecule has 104 valence electrons. The highest BCUT2D eigenvalue weighted by molar-refractivity contribution is 8.15. The number of hydrogen-bond donors (Lipinski definition) is 1. The molecule has 0 saturated carbocycles. The van der Waals surface area contributed by atoms with Crippen LogP contribution in [-0.2, 0) is 0 Å². The number of nitrogens with zero attached hydrogens (tertiary/aromatic N) is 1. The van der Waals surface area contributed by atoms with Gasteiger partial charge in [0, 0.05) is 17.0 Å². The smallest absolute Gasteiger partial charge is 0.167 e. The Bertz CT molecular complexity index is 477. The molecule has 2 rings (SSSR count). The second-order valence-electron chi connectivity index (χ2n) is 4.75. The highest BCUT2D eigenvalue weighted by atomic mass is 32.2. The zero-order valence-electron chi connectivity index (χ0n) is 11.4. The standard InChI is InChI=1S/C14H19FN2OS/c1-4-18-12-6-5-10(7-11(12)15)17-14-16-8-13(19-14)9(2)3/h5-7,9,13H,4,8H2,1-3H3,(H,16,17). The van der Waals surface area contributed by atoms with Crippen molar-refractivity contribution < 1.29 is 9.13 Å². The van der Waals surface area contributed by atoms with Crippen LogP contribution in [0.15, 0.2) is 23.2 Å². The van der Waals surface area contributed by atoms with E-state index in [4.69, 9.17) is 4.74 Å². The minimum Gasteiger partial charge on any atom is -0.491 e. The zero-order valence-corrected chi connectivity index (χ0v) is 12.3. The summed E-state index contributed by atoms with van der Waals surface area (Å²) in [5.41, 5.74) is 0.705. The molecule has 0 fully saturated rings. The van der Waals surface area contributed by atoms with Gasteiger partial charge in [0.1, 0.15) is 0 Å². The Morgan fingerprint density at radius 3 is 2.89 bits per heavy atom. The van der Waals surface area contributed by atoms with Gasteiger partial charge in [-0.05, 0) is 25.0 Å². The van der Waals surface area contributed by atoms with Gasteiger partial charge in [-0.25, -0.2) is 4.39 Å². The molecule has 0 amide bonds. The van der Waals surface area contributed by atoms with Crippen LogP contribution in [0, 0.1) is 11.7 Å². The molecule has 1 aromatic rings. The van der Waals surface area contributed by atoms with Crippen LogP contribution < -0.4 is 10.1 Å². The second-order valence-corrected chi connectivity index (χ2v) is 5.98. The quantitative estimate of drug-likeness (QED) is 0.913. The molecule has 0 radical (unpaired) electrons. The molecule has 0 bridgehead atoms. The van der Waals surface area contributed by atoms with E-state index < -0.39 is 0 Å². The van der Waals surface area contributed by atoms with Crippen molar-refractivity contribution in [3.8, 4) is 5.75 Å². The van der Waals surface area contributed by atoms with Crippen LogP contribution in [0.1, 0.15) is 20.8 Å². The van der Waals surface area contributed by atoms with Crippen molar-refractivity contribution in [3.63, 3.8) is 0 Å².